The molecular formula is C23H39NO16. The number of carbonyl (C=O) groups is 2. The van der Waals surface area contributed by atoms with E-state index < -0.39 is 111 Å². The van der Waals surface area contributed by atoms with E-state index in [1.54, 1.807) is 0 Å². The summed E-state index contributed by atoms with van der Waals surface area (Å²) in [5.74, 6) is -2.35. The van der Waals surface area contributed by atoms with E-state index in [9.17, 15) is 50.4 Å². The van der Waals surface area contributed by atoms with Crippen molar-refractivity contribution < 1.29 is 78.9 Å². The summed E-state index contributed by atoms with van der Waals surface area (Å²) in [6.45, 7) is 3.84. The van der Waals surface area contributed by atoms with Crippen molar-refractivity contribution in [3.05, 3.63) is 0 Å². The second-order valence-corrected chi connectivity index (χ2v) is 9.94. The number of nitrogens with one attached hydrogen (secondary N) is 1. The average molecular weight is 586 g/mol. The Bertz CT molecular complexity index is 850. The highest BCUT2D eigenvalue weighted by atomic mass is 16.8. The number of aliphatic carboxylic acids is 1. The number of aliphatic hydroxyl groups is 7. The first kappa shape index (κ1) is 32.9. The third kappa shape index (κ3) is 7.06. The van der Waals surface area contributed by atoms with Crippen LogP contribution in [-0.2, 0) is 38.0 Å². The third-order valence-corrected chi connectivity index (χ3v) is 6.89. The Morgan fingerprint density at radius 3 is 2.02 bits per heavy atom. The fourth-order valence-corrected chi connectivity index (χ4v) is 4.72. The fraction of sp³-hybridized carbons (Fsp3) is 0.913. The smallest absolute Gasteiger partial charge is 0.335 e. The summed E-state index contributed by atoms with van der Waals surface area (Å²) in [6.07, 6.45) is -22.3. The topological polar surface area (TPSA) is 263 Å². The minimum atomic E-state index is -2.02. The molecule has 0 bridgehead atoms. The maximum absolute atomic E-state index is 12.1. The quantitative estimate of drug-likeness (QED) is 0.116. The van der Waals surface area contributed by atoms with Gasteiger partial charge in [-0.05, 0) is 13.3 Å². The van der Waals surface area contributed by atoms with Crippen molar-refractivity contribution in [3.63, 3.8) is 0 Å². The van der Waals surface area contributed by atoms with Crippen LogP contribution < -0.4 is 5.32 Å². The van der Waals surface area contributed by atoms with Crippen molar-refractivity contribution in [1.29, 1.82) is 0 Å². The number of hydrogen-bond donors (Lipinski definition) is 9. The highest BCUT2D eigenvalue weighted by Gasteiger charge is 2.54. The van der Waals surface area contributed by atoms with Crippen LogP contribution in [0.5, 0.6) is 0 Å². The first-order valence-electron chi connectivity index (χ1n) is 12.9. The molecule has 3 saturated heterocycles. The van der Waals surface area contributed by atoms with Crippen molar-refractivity contribution in [2.24, 2.45) is 0 Å². The summed E-state index contributed by atoms with van der Waals surface area (Å²) in [5.41, 5.74) is 0. The van der Waals surface area contributed by atoms with Crippen LogP contribution in [0.25, 0.3) is 0 Å². The minimum Gasteiger partial charge on any atom is -0.479 e. The van der Waals surface area contributed by atoms with Crippen molar-refractivity contribution >= 4 is 11.9 Å². The van der Waals surface area contributed by atoms with Gasteiger partial charge in [0.2, 0.25) is 5.91 Å². The van der Waals surface area contributed by atoms with Crippen molar-refractivity contribution in [1.82, 2.24) is 5.32 Å². The van der Waals surface area contributed by atoms with E-state index in [4.69, 9.17) is 28.4 Å². The van der Waals surface area contributed by atoms with Gasteiger partial charge in [-0.25, -0.2) is 4.79 Å². The molecule has 3 aliphatic rings. The van der Waals surface area contributed by atoms with Crippen LogP contribution in [0.3, 0.4) is 0 Å². The molecular weight excluding hydrogens is 546 g/mol. The van der Waals surface area contributed by atoms with Crippen LogP contribution in [0.4, 0.5) is 0 Å². The molecule has 3 rings (SSSR count). The Labute approximate surface area is 229 Å². The monoisotopic (exact) mass is 585 g/mol. The lowest BCUT2D eigenvalue weighted by molar-refractivity contribution is -0.367. The van der Waals surface area contributed by atoms with Crippen LogP contribution in [-0.4, -0.2) is 158 Å². The third-order valence-electron chi connectivity index (χ3n) is 6.89. The van der Waals surface area contributed by atoms with Gasteiger partial charge in [-0.15, -0.1) is 0 Å². The molecule has 0 radical (unpaired) electrons. The molecule has 40 heavy (non-hydrogen) atoms. The van der Waals surface area contributed by atoms with E-state index in [-0.39, 0.29) is 6.61 Å². The van der Waals surface area contributed by atoms with E-state index in [0.29, 0.717) is 6.42 Å². The average Bonchev–Trinajstić information content (AvgIpc) is 2.90. The number of ether oxygens (including phenoxy) is 6. The molecule has 3 aliphatic heterocycles. The number of carboxylic acids is 1. The summed E-state index contributed by atoms with van der Waals surface area (Å²) in [7, 11) is 0. The highest BCUT2D eigenvalue weighted by Crippen LogP contribution is 2.33. The predicted molar refractivity (Wildman–Crippen MR) is 126 cm³/mol. The zero-order valence-corrected chi connectivity index (χ0v) is 22.1. The first-order valence-corrected chi connectivity index (χ1v) is 12.9. The molecule has 17 heteroatoms. The normalized spacial score (nSPS) is 46.1. The zero-order valence-electron chi connectivity index (χ0n) is 22.1. The van der Waals surface area contributed by atoms with Gasteiger partial charge in [0.15, 0.2) is 25.0 Å². The molecule has 0 spiro atoms. The molecule has 0 aromatic carbocycles. The highest BCUT2D eigenvalue weighted by molar-refractivity contribution is 5.73. The maximum atomic E-state index is 12.1. The second-order valence-electron chi connectivity index (χ2n) is 9.94. The number of carboxylic acid groups (broad SMARTS) is 1. The summed E-state index contributed by atoms with van der Waals surface area (Å²) in [4.78, 5) is 23.6. The molecule has 0 unspecified atom stereocenters. The van der Waals surface area contributed by atoms with Crippen LogP contribution in [0.2, 0.25) is 0 Å². The first-order chi connectivity index (χ1) is 18.8. The maximum Gasteiger partial charge on any atom is 0.335 e. The van der Waals surface area contributed by atoms with E-state index in [2.05, 4.69) is 5.32 Å². The van der Waals surface area contributed by atoms with E-state index in [0.717, 1.165) is 6.92 Å². The molecule has 1 amide bonds. The summed E-state index contributed by atoms with van der Waals surface area (Å²) >= 11 is 0. The summed E-state index contributed by atoms with van der Waals surface area (Å²) < 4.78 is 33.7. The van der Waals surface area contributed by atoms with Crippen molar-refractivity contribution in [2.75, 3.05) is 13.2 Å². The number of aliphatic hydroxyl groups excluding tert-OH is 7. The minimum absolute atomic E-state index is 0.195. The zero-order chi connectivity index (χ0) is 29.9. The molecule has 3 heterocycles. The molecule has 17 nitrogen and oxygen atoms in total. The Morgan fingerprint density at radius 2 is 1.45 bits per heavy atom. The standard InChI is InChI=1S/C23H39NO16/c1-4-5-35-23-19(14(30)11(27)7(2)36-23)40-21-10(24-8(3)26)17(12(28)9(6-25)37-21)38-22-16(32)13(29)15(31)18(39-22)20(33)34/h7,9-19,21-23,25,27-32H,4-6H2,1-3H3,(H,24,26)(H,33,34)/t7-,9+,10+,11-,12-,13-,14+,15+,16+,17+,18-,19+,21-,22+,23+/m0/s1. The molecule has 0 aromatic rings. The van der Waals surface area contributed by atoms with Crippen molar-refractivity contribution in [2.45, 2.75) is 119 Å². The van der Waals surface area contributed by atoms with Crippen molar-refractivity contribution in [3.8, 4) is 0 Å². The van der Waals surface area contributed by atoms with E-state index in [1.807, 2.05) is 6.92 Å². The van der Waals surface area contributed by atoms with Crippen LogP contribution in [0.1, 0.15) is 27.2 Å². The van der Waals surface area contributed by atoms with E-state index >= 15 is 0 Å². The SMILES string of the molecule is CCCO[C@@H]1O[C@@H](C)[C@H](O)[C@@H](O)[C@H]1O[C@@H]1O[C@H](CO)[C@H](O)[C@H](O[C@@H]2O[C@H](C(=O)O)[C@H](O)[C@H](O)[C@H]2O)[C@H]1NC(C)=O. The van der Waals surface area contributed by atoms with Crippen LogP contribution in [0.15, 0.2) is 0 Å². The molecule has 3 fully saturated rings. The second kappa shape index (κ2) is 14.1. The number of rotatable bonds is 10. The molecule has 0 aliphatic carbocycles. The molecule has 0 aromatic heterocycles. The molecule has 0 saturated carbocycles. The molecule has 232 valence electrons. The van der Waals surface area contributed by atoms with Gasteiger partial charge in [0, 0.05) is 13.5 Å². The van der Waals surface area contributed by atoms with Gasteiger partial charge in [-0.2, -0.15) is 0 Å². The fourth-order valence-electron chi connectivity index (χ4n) is 4.72. The van der Waals surface area contributed by atoms with Gasteiger partial charge in [-0.1, -0.05) is 6.92 Å². The van der Waals surface area contributed by atoms with Gasteiger partial charge < -0.3 is 74.6 Å². The van der Waals surface area contributed by atoms with Gasteiger partial charge in [0.05, 0.1) is 12.7 Å². The Kier molecular flexibility index (Phi) is 11.6. The van der Waals surface area contributed by atoms with E-state index in [1.165, 1.54) is 6.92 Å². The van der Waals surface area contributed by atoms with Gasteiger partial charge >= 0.3 is 5.97 Å². The lowest BCUT2D eigenvalue weighted by Gasteiger charge is -2.49. The lowest BCUT2D eigenvalue weighted by Crippen LogP contribution is -2.69. The molecule has 15 atom stereocenters. The Morgan fingerprint density at radius 1 is 0.800 bits per heavy atom. The Balaban J connectivity index is 1.92. The van der Waals surface area contributed by atoms with Gasteiger partial charge in [-0.3, -0.25) is 4.79 Å². The van der Waals surface area contributed by atoms with Crippen LogP contribution in [0, 0.1) is 0 Å². The van der Waals surface area contributed by atoms with Gasteiger partial charge in [0.25, 0.3) is 0 Å². The number of carbonyl (C=O) groups excluding carboxylic acids is 1. The molecule has 9 N–H and O–H groups in total. The number of hydrogen-bond acceptors (Lipinski definition) is 15. The lowest BCUT2D eigenvalue weighted by atomic mass is 9.94. The van der Waals surface area contributed by atoms with Crippen LogP contribution >= 0.6 is 0 Å². The predicted octanol–water partition coefficient (Wildman–Crippen LogP) is -4.87. The summed E-state index contributed by atoms with van der Waals surface area (Å²) in [5, 5.41) is 84.3. The Hall–Kier alpha value is -1.58. The summed E-state index contributed by atoms with van der Waals surface area (Å²) in [6, 6.07) is -1.46. The van der Waals surface area contributed by atoms with Gasteiger partial charge in [0.1, 0.15) is 61.0 Å². The largest absolute Gasteiger partial charge is 0.479 e. The number of amides is 1.